The minimum Gasteiger partial charge on any atom is -0.364 e. The number of rotatable bonds is 3. The van der Waals surface area contributed by atoms with Gasteiger partial charge in [0.1, 0.15) is 10.6 Å². The zero-order valence-corrected chi connectivity index (χ0v) is 15.7. The topological polar surface area (TPSA) is 53.5 Å². The molecule has 1 saturated heterocycles. The summed E-state index contributed by atoms with van der Waals surface area (Å²) in [5, 5.41) is -0.0831. The van der Waals surface area contributed by atoms with Crippen molar-refractivity contribution in [3.8, 4) is 0 Å². The number of benzene rings is 1. The van der Waals surface area contributed by atoms with Gasteiger partial charge in [0.25, 0.3) is 11.9 Å². The summed E-state index contributed by atoms with van der Waals surface area (Å²) in [7, 11) is -4.02. The Balaban J connectivity index is 1.85. The molecule has 146 valence electrons. The molecular formula is C15H11Cl2F4N3O2S. The van der Waals surface area contributed by atoms with Crippen molar-refractivity contribution in [1.82, 2.24) is 9.29 Å². The van der Waals surface area contributed by atoms with Crippen LogP contribution < -0.4 is 4.90 Å². The smallest absolute Gasteiger partial charge is 0.253 e. The standard InChI is InChI=1S/C15H11Cl2F4N3O2S/c16-8-2-1-3-9(10(8)17)27(25,26)24-6-4-23(5-7-24)13-11(18)14(20)22-15(21)12(13)19/h1-3H,4-7H2. The molecule has 1 fully saturated rings. The van der Waals surface area contributed by atoms with Crippen LogP contribution in [-0.4, -0.2) is 43.9 Å². The molecule has 0 bridgehead atoms. The summed E-state index contributed by atoms with van der Waals surface area (Å²) in [6.45, 7) is -0.770. The quantitative estimate of drug-likeness (QED) is 0.538. The van der Waals surface area contributed by atoms with E-state index >= 15 is 0 Å². The molecule has 0 unspecified atom stereocenters. The largest absolute Gasteiger partial charge is 0.364 e. The Morgan fingerprint density at radius 1 is 0.926 bits per heavy atom. The van der Waals surface area contributed by atoms with Gasteiger partial charge in [-0.2, -0.15) is 26.9 Å². The van der Waals surface area contributed by atoms with Crippen molar-refractivity contribution in [3.63, 3.8) is 0 Å². The summed E-state index contributed by atoms with van der Waals surface area (Å²) in [6.07, 6.45) is 0. The van der Waals surface area contributed by atoms with E-state index in [1.54, 1.807) is 0 Å². The maximum atomic E-state index is 13.9. The molecule has 27 heavy (non-hydrogen) atoms. The Morgan fingerprint density at radius 2 is 1.48 bits per heavy atom. The van der Waals surface area contributed by atoms with Crippen molar-refractivity contribution >= 4 is 38.9 Å². The zero-order valence-electron chi connectivity index (χ0n) is 13.4. The molecule has 0 atom stereocenters. The molecule has 3 rings (SSSR count). The molecule has 2 heterocycles. The van der Waals surface area contributed by atoms with Crippen molar-refractivity contribution in [3.05, 3.63) is 51.8 Å². The van der Waals surface area contributed by atoms with Gasteiger partial charge >= 0.3 is 0 Å². The monoisotopic (exact) mass is 443 g/mol. The maximum Gasteiger partial charge on any atom is 0.253 e. The summed E-state index contributed by atoms with van der Waals surface area (Å²) in [6, 6.07) is 4.13. The number of sulfonamides is 1. The van der Waals surface area contributed by atoms with Gasteiger partial charge in [-0.1, -0.05) is 29.3 Å². The average molecular weight is 444 g/mol. The Morgan fingerprint density at radius 3 is 2.04 bits per heavy atom. The van der Waals surface area contributed by atoms with Crippen LogP contribution in [0.4, 0.5) is 23.2 Å². The third-order valence-corrected chi connectivity index (χ3v) is 6.94. The zero-order chi connectivity index (χ0) is 19.9. The Bertz CT molecular complexity index is 973. The maximum absolute atomic E-state index is 13.9. The van der Waals surface area contributed by atoms with Crippen LogP contribution >= 0.6 is 23.2 Å². The number of nitrogens with zero attached hydrogens (tertiary/aromatic N) is 3. The van der Waals surface area contributed by atoms with Crippen molar-refractivity contribution in [2.75, 3.05) is 31.1 Å². The van der Waals surface area contributed by atoms with Gasteiger partial charge < -0.3 is 4.90 Å². The second-order valence-electron chi connectivity index (χ2n) is 5.61. The van der Waals surface area contributed by atoms with Gasteiger partial charge in [-0.05, 0) is 12.1 Å². The number of halogens is 6. The normalized spacial score (nSPS) is 16.0. The second kappa shape index (κ2) is 7.42. The van der Waals surface area contributed by atoms with Crippen LogP contribution in [0.15, 0.2) is 23.1 Å². The van der Waals surface area contributed by atoms with E-state index in [0.717, 1.165) is 9.21 Å². The number of hydrogen-bond donors (Lipinski definition) is 0. The first-order chi connectivity index (χ1) is 12.6. The van der Waals surface area contributed by atoms with E-state index in [9.17, 15) is 26.0 Å². The number of hydrogen-bond acceptors (Lipinski definition) is 4. The van der Waals surface area contributed by atoms with Gasteiger partial charge in [-0.3, -0.25) is 0 Å². The highest BCUT2D eigenvalue weighted by atomic mass is 35.5. The molecule has 5 nitrogen and oxygen atoms in total. The van der Waals surface area contributed by atoms with Gasteiger partial charge in [0, 0.05) is 26.2 Å². The van der Waals surface area contributed by atoms with Gasteiger partial charge in [0.05, 0.1) is 10.0 Å². The third kappa shape index (κ3) is 3.58. The summed E-state index contributed by atoms with van der Waals surface area (Å²) >= 11 is 11.8. The van der Waals surface area contributed by atoms with E-state index in [1.165, 1.54) is 18.2 Å². The predicted octanol–water partition coefficient (Wildman–Crippen LogP) is 3.46. The number of piperazine rings is 1. The Kier molecular flexibility index (Phi) is 5.53. The van der Waals surface area contributed by atoms with Crippen LogP contribution in [0.3, 0.4) is 0 Å². The molecule has 12 heteroatoms. The molecular weight excluding hydrogens is 433 g/mol. The fourth-order valence-corrected chi connectivity index (χ4v) is 4.89. The van der Waals surface area contributed by atoms with E-state index in [-0.39, 0.29) is 41.1 Å². The Hall–Kier alpha value is -1.62. The van der Waals surface area contributed by atoms with Crippen LogP contribution in [0, 0.1) is 23.5 Å². The summed E-state index contributed by atoms with van der Waals surface area (Å²) in [5.41, 5.74) is -0.919. The number of anilines is 1. The molecule has 0 N–H and O–H groups in total. The van der Waals surface area contributed by atoms with Crippen molar-refractivity contribution in [1.29, 1.82) is 0 Å². The van der Waals surface area contributed by atoms with Crippen LogP contribution in [0.25, 0.3) is 0 Å². The highest BCUT2D eigenvalue weighted by Gasteiger charge is 2.33. The number of aromatic nitrogens is 1. The average Bonchev–Trinajstić information content (AvgIpc) is 2.63. The fraction of sp³-hybridized carbons (Fsp3) is 0.267. The van der Waals surface area contributed by atoms with E-state index in [2.05, 4.69) is 4.98 Å². The molecule has 0 aliphatic carbocycles. The lowest BCUT2D eigenvalue weighted by molar-refractivity contribution is 0.369. The van der Waals surface area contributed by atoms with Crippen LogP contribution in [0.2, 0.25) is 10.0 Å². The summed E-state index contributed by atoms with van der Waals surface area (Å²) in [4.78, 5) is 3.31. The number of pyridine rings is 1. The summed E-state index contributed by atoms with van der Waals surface area (Å²) in [5.74, 6) is -6.82. The lowest BCUT2D eigenvalue weighted by atomic mass is 10.2. The first-order valence-electron chi connectivity index (χ1n) is 7.53. The van der Waals surface area contributed by atoms with E-state index in [0.29, 0.717) is 0 Å². The predicted molar refractivity (Wildman–Crippen MR) is 91.5 cm³/mol. The molecule has 0 radical (unpaired) electrons. The van der Waals surface area contributed by atoms with Gasteiger partial charge in [-0.15, -0.1) is 0 Å². The van der Waals surface area contributed by atoms with Crippen molar-refractivity contribution < 1.29 is 26.0 Å². The highest BCUT2D eigenvalue weighted by molar-refractivity contribution is 7.89. The van der Waals surface area contributed by atoms with Crippen LogP contribution in [-0.2, 0) is 10.0 Å². The molecule has 1 aromatic carbocycles. The van der Waals surface area contributed by atoms with Crippen LogP contribution in [0.5, 0.6) is 0 Å². The van der Waals surface area contributed by atoms with Gasteiger partial charge in [0.2, 0.25) is 21.7 Å². The minimum atomic E-state index is -4.02. The molecule has 1 aliphatic rings. The van der Waals surface area contributed by atoms with Crippen molar-refractivity contribution in [2.45, 2.75) is 4.90 Å². The lowest BCUT2D eigenvalue weighted by Gasteiger charge is -2.35. The molecule has 1 aromatic heterocycles. The van der Waals surface area contributed by atoms with Crippen LogP contribution in [0.1, 0.15) is 0 Å². The second-order valence-corrected chi connectivity index (χ2v) is 8.30. The molecule has 0 saturated carbocycles. The first-order valence-corrected chi connectivity index (χ1v) is 9.73. The minimum absolute atomic E-state index is 0.0586. The fourth-order valence-electron chi connectivity index (χ4n) is 2.73. The third-order valence-electron chi connectivity index (χ3n) is 4.06. The molecule has 0 spiro atoms. The van der Waals surface area contributed by atoms with Crippen molar-refractivity contribution in [2.24, 2.45) is 0 Å². The highest BCUT2D eigenvalue weighted by Crippen LogP contribution is 2.32. The first kappa shape index (κ1) is 20.1. The van der Waals surface area contributed by atoms with E-state index in [1.807, 2.05) is 0 Å². The molecule has 2 aromatic rings. The summed E-state index contributed by atoms with van der Waals surface area (Å²) < 4.78 is 80.8. The molecule has 0 amide bonds. The van der Waals surface area contributed by atoms with E-state index in [4.69, 9.17) is 23.2 Å². The van der Waals surface area contributed by atoms with Gasteiger partial charge in [-0.25, -0.2) is 8.42 Å². The van der Waals surface area contributed by atoms with E-state index < -0.39 is 39.2 Å². The Labute approximate surface area is 162 Å². The SMILES string of the molecule is O=S(=O)(c1cccc(Cl)c1Cl)N1CCN(c2c(F)c(F)nc(F)c2F)CC1. The molecule has 1 aliphatic heterocycles. The lowest BCUT2D eigenvalue weighted by Crippen LogP contribution is -2.49. The van der Waals surface area contributed by atoms with Gasteiger partial charge in [0.15, 0.2) is 0 Å².